The lowest BCUT2D eigenvalue weighted by molar-refractivity contribution is 0.356. The summed E-state index contributed by atoms with van der Waals surface area (Å²) >= 11 is 0. The number of aromatic nitrogens is 1. The Hall–Kier alpha value is -1.55. The van der Waals surface area contributed by atoms with Crippen molar-refractivity contribution in [2.24, 2.45) is 5.92 Å². The highest BCUT2D eigenvalue weighted by Crippen LogP contribution is 2.22. The second kappa shape index (κ2) is 5.61. The minimum Gasteiger partial charge on any atom is -0.443 e. The summed E-state index contributed by atoms with van der Waals surface area (Å²) in [5.41, 5.74) is 3.00. The first-order chi connectivity index (χ1) is 9.33. The minimum absolute atomic E-state index is 0.867. The van der Waals surface area contributed by atoms with Crippen molar-refractivity contribution >= 4 is 16.8 Å². The fourth-order valence-electron chi connectivity index (χ4n) is 2.76. The van der Waals surface area contributed by atoms with Crippen LogP contribution in [0.5, 0.6) is 0 Å². The third-order valence-corrected chi connectivity index (χ3v) is 4.09. The van der Waals surface area contributed by atoms with E-state index in [1.807, 2.05) is 6.07 Å². The molecule has 0 amide bonds. The van der Waals surface area contributed by atoms with Gasteiger partial charge in [-0.25, -0.2) is 4.98 Å². The topological polar surface area (TPSA) is 41.3 Å². The maximum Gasteiger partial charge on any atom is 0.181 e. The lowest BCUT2D eigenvalue weighted by Gasteiger charge is -2.26. The zero-order valence-electron chi connectivity index (χ0n) is 11.4. The largest absolute Gasteiger partial charge is 0.443 e. The van der Waals surface area contributed by atoms with Crippen LogP contribution in [0, 0.1) is 5.92 Å². The first kappa shape index (κ1) is 12.5. The van der Waals surface area contributed by atoms with Crippen molar-refractivity contribution in [1.82, 2.24) is 10.3 Å². The van der Waals surface area contributed by atoms with E-state index in [9.17, 15) is 0 Å². The van der Waals surface area contributed by atoms with Gasteiger partial charge in [-0.3, -0.25) is 0 Å². The molecule has 4 heteroatoms. The van der Waals surface area contributed by atoms with Gasteiger partial charge in [0.1, 0.15) is 5.52 Å². The Bertz CT molecular complexity index is 531. The Morgan fingerprint density at radius 3 is 3.05 bits per heavy atom. The van der Waals surface area contributed by atoms with E-state index < -0.39 is 0 Å². The van der Waals surface area contributed by atoms with Crippen molar-refractivity contribution < 1.29 is 4.42 Å². The molecule has 1 aliphatic heterocycles. The molecule has 0 aliphatic carbocycles. The van der Waals surface area contributed by atoms with Gasteiger partial charge in [-0.15, -0.1) is 0 Å². The number of benzene rings is 1. The predicted molar refractivity (Wildman–Crippen MR) is 77.5 cm³/mol. The molecule has 0 radical (unpaired) electrons. The molecule has 4 nitrogen and oxygen atoms in total. The van der Waals surface area contributed by atoms with Crippen molar-refractivity contribution in [1.29, 1.82) is 0 Å². The molecule has 0 spiro atoms. The van der Waals surface area contributed by atoms with Gasteiger partial charge in [0.2, 0.25) is 0 Å². The minimum atomic E-state index is 0.867. The molecule has 102 valence electrons. The van der Waals surface area contributed by atoms with Crippen molar-refractivity contribution in [2.45, 2.75) is 19.3 Å². The molecule has 0 unspecified atom stereocenters. The number of anilines is 1. The number of hydrogen-bond donors (Lipinski definition) is 1. The average molecular weight is 259 g/mol. The first-order valence-electron chi connectivity index (χ1n) is 7.08. The third kappa shape index (κ3) is 2.89. The van der Waals surface area contributed by atoms with E-state index in [2.05, 4.69) is 34.4 Å². The molecule has 1 aromatic carbocycles. The highest BCUT2D eigenvalue weighted by Gasteiger charge is 2.14. The van der Waals surface area contributed by atoms with E-state index in [0.29, 0.717) is 0 Å². The number of nitrogens with zero attached hydrogens (tertiary/aromatic N) is 2. The van der Waals surface area contributed by atoms with E-state index >= 15 is 0 Å². The van der Waals surface area contributed by atoms with Crippen LogP contribution in [0.4, 0.5) is 5.69 Å². The van der Waals surface area contributed by atoms with Gasteiger partial charge in [0.05, 0.1) is 0 Å². The molecule has 1 fully saturated rings. The Labute approximate surface area is 113 Å². The number of oxazole rings is 1. The summed E-state index contributed by atoms with van der Waals surface area (Å²) in [7, 11) is 2.15. The molecular weight excluding hydrogens is 238 g/mol. The number of hydrogen-bond acceptors (Lipinski definition) is 4. The molecule has 1 N–H and O–H groups in total. The number of piperidine rings is 1. The zero-order valence-corrected chi connectivity index (χ0v) is 11.4. The summed E-state index contributed by atoms with van der Waals surface area (Å²) in [5.74, 6) is 0.873. The van der Waals surface area contributed by atoms with Gasteiger partial charge in [0.15, 0.2) is 12.0 Å². The Morgan fingerprint density at radius 1 is 1.37 bits per heavy atom. The van der Waals surface area contributed by atoms with Crippen LogP contribution in [0.1, 0.15) is 19.3 Å². The van der Waals surface area contributed by atoms with E-state index in [4.69, 9.17) is 4.42 Å². The number of fused-ring (bicyclic) bond motifs is 1. The van der Waals surface area contributed by atoms with Crippen molar-refractivity contribution in [3.8, 4) is 0 Å². The van der Waals surface area contributed by atoms with Gasteiger partial charge >= 0.3 is 0 Å². The summed E-state index contributed by atoms with van der Waals surface area (Å²) < 4.78 is 5.36. The van der Waals surface area contributed by atoms with Crippen LogP contribution in [-0.2, 0) is 0 Å². The van der Waals surface area contributed by atoms with Crippen molar-refractivity contribution in [3.63, 3.8) is 0 Å². The summed E-state index contributed by atoms with van der Waals surface area (Å²) in [6, 6.07) is 6.22. The Balaban J connectivity index is 1.60. The van der Waals surface area contributed by atoms with Crippen LogP contribution in [0.15, 0.2) is 29.0 Å². The molecule has 1 aliphatic rings. The molecule has 0 bridgehead atoms. The summed E-state index contributed by atoms with van der Waals surface area (Å²) in [5, 5.41) is 3.42. The van der Waals surface area contributed by atoms with E-state index in [0.717, 1.165) is 23.6 Å². The van der Waals surface area contributed by atoms with Crippen LogP contribution in [-0.4, -0.2) is 31.7 Å². The molecule has 2 aromatic rings. The number of nitrogens with one attached hydrogen (secondary N) is 1. The summed E-state index contributed by atoms with van der Waals surface area (Å²) in [6.07, 6.45) is 5.40. The molecule has 0 atom stereocenters. The molecule has 1 aromatic heterocycles. The maximum absolute atomic E-state index is 5.36. The van der Waals surface area contributed by atoms with Crippen LogP contribution in [0.2, 0.25) is 0 Å². The van der Waals surface area contributed by atoms with Crippen LogP contribution in [0.3, 0.4) is 0 Å². The standard InChI is InChI=1S/C15H21N3O/c1-18(9-6-12-4-7-16-8-5-12)13-2-3-14-15(10-13)19-11-17-14/h2-3,10-12,16H,4-9H2,1H3. The molecule has 19 heavy (non-hydrogen) atoms. The second-order valence-corrected chi connectivity index (χ2v) is 5.41. The monoisotopic (exact) mass is 259 g/mol. The summed E-state index contributed by atoms with van der Waals surface area (Å²) in [4.78, 5) is 6.46. The first-order valence-corrected chi connectivity index (χ1v) is 7.08. The summed E-state index contributed by atoms with van der Waals surface area (Å²) in [6.45, 7) is 3.46. The Kier molecular flexibility index (Phi) is 3.69. The van der Waals surface area contributed by atoms with Gasteiger partial charge in [0.25, 0.3) is 0 Å². The van der Waals surface area contributed by atoms with E-state index in [-0.39, 0.29) is 0 Å². The van der Waals surface area contributed by atoms with Gasteiger partial charge < -0.3 is 14.6 Å². The SMILES string of the molecule is CN(CCC1CCNCC1)c1ccc2ncoc2c1. The van der Waals surface area contributed by atoms with Crippen molar-refractivity contribution in [2.75, 3.05) is 31.6 Å². The quantitative estimate of drug-likeness (QED) is 0.916. The fourth-order valence-corrected chi connectivity index (χ4v) is 2.76. The lowest BCUT2D eigenvalue weighted by Crippen LogP contribution is -2.30. The predicted octanol–water partition coefficient (Wildman–Crippen LogP) is 2.65. The van der Waals surface area contributed by atoms with E-state index in [1.54, 1.807) is 0 Å². The molecule has 2 heterocycles. The molecule has 1 saturated heterocycles. The highest BCUT2D eigenvalue weighted by atomic mass is 16.3. The van der Waals surface area contributed by atoms with Gasteiger partial charge in [0, 0.05) is 25.3 Å². The third-order valence-electron chi connectivity index (χ3n) is 4.09. The Morgan fingerprint density at radius 2 is 2.21 bits per heavy atom. The van der Waals surface area contributed by atoms with Crippen LogP contribution >= 0.6 is 0 Å². The average Bonchev–Trinajstić information content (AvgIpc) is 2.93. The van der Waals surface area contributed by atoms with Crippen molar-refractivity contribution in [3.05, 3.63) is 24.6 Å². The fraction of sp³-hybridized carbons (Fsp3) is 0.533. The second-order valence-electron chi connectivity index (χ2n) is 5.41. The zero-order chi connectivity index (χ0) is 13.1. The lowest BCUT2D eigenvalue weighted by atomic mass is 9.94. The van der Waals surface area contributed by atoms with Gasteiger partial charge in [-0.05, 0) is 50.4 Å². The molecule has 0 saturated carbocycles. The van der Waals surface area contributed by atoms with Crippen LogP contribution in [0.25, 0.3) is 11.1 Å². The van der Waals surface area contributed by atoms with Gasteiger partial charge in [-0.1, -0.05) is 0 Å². The van der Waals surface area contributed by atoms with Gasteiger partial charge in [-0.2, -0.15) is 0 Å². The van der Waals surface area contributed by atoms with Crippen LogP contribution < -0.4 is 10.2 Å². The molecular formula is C15H21N3O. The smallest absolute Gasteiger partial charge is 0.181 e. The highest BCUT2D eigenvalue weighted by molar-refractivity contribution is 5.76. The maximum atomic E-state index is 5.36. The number of rotatable bonds is 4. The molecule has 3 rings (SSSR count). The van der Waals surface area contributed by atoms with E-state index in [1.165, 1.54) is 44.4 Å². The normalized spacial score (nSPS) is 16.9.